The summed E-state index contributed by atoms with van der Waals surface area (Å²) in [7, 11) is 6.44. The van der Waals surface area contributed by atoms with Crippen LogP contribution in [0, 0.1) is 11.3 Å². The molecule has 570 valence electrons. The molecule has 1 spiro atoms. The summed E-state index contributed by atoms with van der Waals surface area (Å²) in [5.74, 6) is -2.29. The fourth-order valence-corrected chi connectivity index (χ4v) is 14.6. The Kier molecular flexibility index (Phi) is 22.5. The lowest BCUT2D eigenvalue weighted by atomic mass is 9.95. The number of aromatic nitrogens is 3. The van der Waals surface area contributed by atoms with Gasteiger partial charge in [-0.25, -0.2) is 14.4 Å². The fourth-order valence-electron chi connectivity index (χ4n) is 14.6. The van der Waals surface area contributed by atoms with E-state index in [-0.39, 0.29) is 84.5 Å². The zero-order valence-electron chi connectivity index (χ0n) is 61.8. The number of nitrogens with one attached hydrogen (secondary N) is 6. The van der Waals surface area contributed by atoms with Crippen molar-refractivity contribution < 1.29 is 76.7 Å². The number of benzene rings is 6. The molecule has 6 aromatic carbocycles. The first-order valence-electron chi connectivity index (χ1n) is 36.6. The van der Waals surface area contributed by atoms with Crippen molar-refractivity contribution >= 4 is 81.7 Å². The third-order valence-electron chi connectivity index (χ3n) is 20.8. The molecule has 6 aliphatic rings. The third-order valence-corrected chi connectivity index (χ3v) is 20.8. The summed E-state index contributed by atoms with van der Waals surface area (Å²) in [4.78, 5) is 129. The number of unbranched alkanes of at least 4 members (excludes halogenated alkanes) is 2. The fraction of sp³-hybridized carbons (Fsp3) is 0.388. The molecule has 13 rings (SSSR count). The molecule has 0 unspecified atom stereocenters. The highest BCUT2D eigenvalue weighted by Gasteiger charge is 2.58. The second-order valence-electron chi connectivity index (χ2n) is 28.5. The van der Waals surface area contributed by atoms with Gasteiger partial charge in [0.1, 0.15) is 30.1 Å². The van der Waals surface area contributed by atoms with Gasteiger partial charge in [0, 0.05) is 68.1 Å². The van der Waals surface area contributed by atoms with Crippen molar-refractivity contribution in [3.8, 4) is 51.3 Å². The molecule has 6 heterocycles. The number of carbonyl (C=O) groups is 9. The summed E-state index contributed by atoms with van der Waals surface area (Å²) in [6, 6.07) is 32.8. The van der Waals surface area contributed by atoms with Gasteiger partial charge in [0.2, 0.25) is 35.4 Å². The van der Waals surface area contributed by atoms with E-state index < -0.39 is 79.0 Å². The number of aliphatic hydroxyl groups is 1. The average Bonchev–Trinajstić information content (AvgIpc) is 1.50. The van der Waals surface area contributed by atoms with Crippen LogP contribution in [0.25, 0.3) is 28.1 Å². The molecule has 9 amide bonds. The zero-order chi connectivity index (χ0) is 76.8. The van der Waals surface area contributed by atoms with Crippen LogP contribution in [0.1, 0.15) is 116 Å². The van der Waals surface area contributed by atoms with Gasteiger partial charge in [-0.15, -0.1) is 5.10 Å². The Bertz CT molecular complexity index is 4690. The number of aryl methyl sites for hydroxylation is 1. The number of methoxy groups -OCH3 is 3. The van der Waals surface area contributed by atoms with Gasteiger partial charge in [-0.1, -0.05) is 85.8 Å². The number of amides is 9. The maximum absolute atomic E-state index is 14.5. The Labute approximate surface area is 629 Å². The molecular weight excluding hydrogens is 1400 g/mol. The van der Waals surface area contributed by atoms with Crippen molar-refractivity contribution in [2.45, 2.75) is 122 Å². The van der Waals surface area contributed by atoms with Crippen LogP contribution in [0.2, 0.25) is 0 Å². The van der Waals surface area contributed by atoms with Gasteiger partial charge in [-0.3, -0.25) is 38.4 Å². The Hall–Kier alpha value is -12.0. The molecule has 0 radical (unpaired) electrons. The molecular formula is C80H89N13O16. The first-order valence-corrected chi connectivity index (χ1v) is 36.6. The molecule has 1 saturated carbocycles. The van der Waals surface area contributed by atoms with E-state index in [1.807, 2.05) is 92.1 Å². The number of fused-ring (bicyclic) bond motifs is 9. The van der Waals surface area contributed by atoms with Gasteiger partial charge >= 0.3 is 6.09 Å². The Morgan fingerprint density at radius 2 is 1.37 bits per heavy atom. The summed E-state index contributed by atoms with van der Waals surface area (Å²) in [6.45, 7) is 5.35. The van der Waals surface area contributed by atoms with Crippen molar-refractivity contribution in [3.05, 3.63) is 155 Å². The van der Waals surface area contributed by atoms with Crippen molar-refractivity contribution in [1.29, 1.82) is 0 Å². The van der Waals surface area contributed by atoms with Gasteiger partial charge in [0.05, 0.1) is 100 Å². The standard InChI is InChI=1S/C80H89N13O16/c1-46(2)71(86-69(96)41-83-68(95)40-82-67(94)27-28-70(97)91-42-50-15-9-10-16-55(50)73-72(87-88-89(73)4)56-17-11-12-18-60(56)91)75(99)84-47(3)74(98)85-52-23-19-48(20-24-52)44-109-79(103)93-61-37-66(64(106-7)35-58(61)77(101)92-45-80(29-30-80)38-62(92)78(93)102)108-32-14-8-13-31-107-65-36-59-57(34-63(65)105-6)76(100)90-43-51(33-53(90)39-81-59)49-21-25-54(104-5)26-22-49/h9-12,15-26,34-37,43,46-47,53,62,71,78,81,102H,8,13-14,27-33,38-42,44-45H2,1-7H3,(H,82,94)(H,83,95)(H,84,99)(H,85,98)(H,86,96)/t47-,53-,62-,71-,78-/m0/s1. The lowest BCUT2D eigenvalue weighted by Gasteiger charge is -2.31. The van der Waals surface area contributed by atoms with Crippen LogP contribution in [0.15, 0.2) is 128 Å². The normalized spacial score (nSPS) is 17.4. The number of rotatable bonds is 27. The average molecular weight is 1490 g/mol. The van der Waals surface area contributed by atoms with E-state index in [2.05, 4.69) is 42.2 Å². The van der Waals surface area contributed by atoms with E-state index >= 15 is 0 Å². The molecule has 29 heteroatoms. The predicted molar refractivity (Wildman–Crippen MR) is 402 cm³/mol. The van der Waals surface area contributed by atoms with Gasteiger partial charge in [0.25, 0.3) is 11.8 Å². The Morgan fingerprint density at radius 3 is 2.07 bits per heavy atom. The molecule has 7 N–H and O–H groups in total. The van der Waals surface area contributed by atoms with Gasteiger partial charge in [-0.2, -0.15) is 0 Å². The van der Waals surface area contributed by atoms with Crippen LogP contribution < -0.4 is 65.4 Å². The third kappa shape index (κ3) is 16.5. The van der Waals surface area contributed by atoms with E-state index in [0.29, 0.717) is 103 Å². The van der Waals surface area contributed by atoms with E-state index in [4.69, 9.17) is 28.4 Å². The first-order chi connectivity index (χ1) is 52.6. The van der Waals surface area contributed by atoms with Crippen molar-refractivity contribution in [2.75, 3.05) is 81.2 Å². The van der Waals surface area contributed by atoms with Crippen LogP contribution in [0.3, 0.4) is 0 Å². The maximum Gasteiger partial charge on any atom is 0.416 e. The quantitative estimate of drug-likeness (QED) is 0.0239. The highest BCUT2D eigenvalue weighted by atomic mass is 16.6. The number of aliphatic hydroxyl groups excluding tert-OH is 1. The molecule has 2 fully saturated rings. The lowest BCUT2D eigenvalue weighted by molar-refractivity contribution is -0.132. The van der Waals surface area contributed by atoms with Gasteiger partial charge < -0.3 is 80.1 Å². The molecule has 5 atom stereocenters. The van der Waals surface area contributed by atoms with E-state index in [0.717, 1.165) is 51.4 Å². The summed E-state index contributed by atoms with van der Waals surface area (Å²) in [6.07, 6.45) is 4.03. The van der Waals surface area contributed by atoms with Gasteiger partial charge in [-0.05, 0) is 128 Å². The Balaban J connectivity index is 0.557. The number of ether oxygens (including phenoxy) is 6. The largest absolute Gasteiger partial charge is 0.497 e. The Morgan fingerprint density at radius 1 is 0.688 bits per heavy atom. The number of hydrogen-bond acceptors (Lipinski definition) is 19. The molecule has 109 heavy (non-hydrogen) atoms. The van der Waals surface area contributed by atoms with Crippen LogP contribution in [0.5, 0.6) is 28.7 Å². The summed E-state index contributed by atoms with van der Waals surface area (Å²) >= 11 is 0. The second-order valence-corrected chi connectivity index (χ2v) is 28.5. The highest BCUT2D eigenvalue weighted by molar-refractivity contribution is 6.07. The number of hydrogen-bond donors (Lipinski definition) is 7. The summed E-state index contributed by atoms with van der Waals surface area (Å²) in [5, 5.41) is 37.3. The second kappa shape index (κ2) is 32.6. The molecule has 7 aromatic rings. The van der Waals surface area contributed by atoms with Crippen LogP contribution in [-0.2, 0) is 53.7 Å². The lowest BCUT2D eigenvalue weighted by Crippen LogP contribution is -2.55. The van der Waals surface area contributed by atoms with Crippen molar-refractivity contribution in [2.24, 2.45) is 18.4 Å². The number of para-hydroxylation sites is 1. The van der Waals surface area contributed by atoms with Crippen molar-refractivity contribution in [3.63, 3.8) is 0 Å². The van der Waals surface area contributed by atoms with E-state index in [1.165, 1.54) is 33.3 Å². The van der Waals surface area contributed by atoms with Crippen LogP contribution in [-0.4, -0.2) is 174 Å². The summed E-state index contributed by atoms with van der Waals surface area (Å²) in [5.41, 5.74) is 8.68. The smallest absolute Gasteiger partial charge is 0.416 e. The van der Waals surface area contributed by atoms with Crippen LogP contribution >= 0.6 is 0 Å². The number of carbonyl (C=O) groups excluding carboxylic acids is 9. The maximum atomic E-state index is 14.5. The first kappa shape index (κ1) is 75.2. The molecule has 1 saturated heterocycles. The van der Waals surface area contributed by atoms with Gasteiger partial charge in [0.15, 0.2) is 29.2 Å². The topological polar surface area (TPSA) is 345 Å². The zero-order valence-corrected chi connectivity index (χ0v) is 61.8. The summed E-state index contributed by atoms with van der Waals surface area (Å²) < 4.78 is 37.0. The van der Waals surface area contributed by atoms with Crippen molar-refractivity contribution in [1.82, 2.24) is 46.1 Å². The van der Waals surface area contributed by atoms with Crippen LogP contribution in [0.4, 0.5) is 27.5 Å². The molecule has 29 nitrogen and oxygen atoms in total. The number of nitrogens with zero attached hydrogens (tertiary/aromatic N) is 7. The molecule has 1 aromatic heterocycles. The monoisotopic (exact) mass is 1490 g/mol. The SMILES string of the molecule is COc1ccc(C2=CN3C(=O)c4cc(OC)c(OCCCCCOc5cc6c(cc5OC)C(=O)N5CC7(CC7)C[C@H]5[C@H](O)N6C(=O)OCc5ccc(NC(=O)[C@H](C)NC(=O)[C@@H](NC(=O)CNC(=O)CNC(=O)CCC(=O)N6Cc7ccccc7-c7c(nnn7C)-c7ccccc76)C(C)C)cc5)cc4NC[C@@H]3C2)cc1. The molecule has 0 bridgehead atoms. The predicted octanol–water partition coefficient (Wildman–Crippen LogP) is 8.10. The molecule has 5 aliphatic heterocycles. The minimum atomic E-state index is -1.48. The minimum absolute atomic E-state index is 0.0774. The van der Waals surface area contributed by atoms with E-state index in [9.17, 15) is 48.3 Å². The minimum Gasteiger partial charge on any atom is -0.497 e. The highest BCUT2D eigenvalue weighted by Crippen LogP contribution is 2.57. The molecule has 1 aliphatic carbocycles. The van der Waals surface area contributed by atoms with E-state index in [1.54, 1.807) is 70.7 Å². The number of anilines is 4.